The Labute approximate surface area is 152 Å². The van der Waals surface area contributed by atoms with Gasteiger partial charge in [-0.2, -0.15) is 0 Å². The van der Waals surface area contributed by atoms with Crippen LogP contribution in [0.15, 0.2) is 55.0 Å². The van der Waals surface area contributed by atoms with Crippen LogP contribution < -0.4 is 10.0 Å². The maximum atomic E-state index is 12.2. The van der Waals surface area contributed by atoms with Crippen molar-refractivity contribution in [1.82, 2.24) is 14.9 Å². The number of benzene rings is 1. The molecule has 8 heteroatoms. The summed E-state index contributed by atoms with van der Waals surface area (Å²) in [7, 11) is -3.36. The first-order valence-electron chi connectivity index (χ1n) is 8.13. The first kappa shape index (κ1) is 17.9. The molecule has 0 fully saturated rings. The number of amides is 1. The molecule has 3 rings (SSSR count). The molecule has 0 saturated carbocycles. The van der Waals surface area contributed by atoms with Gasteiger partial charge in [0.05, 0.1) is 17.5 Å². The van der Waals surface area contributed by atoms with Crippen LogP contribution in [0.3, 0.4) is 0 Å². The summed E-state index contributed by atoms with van der Waals surface area (Å²) in [6, 6.07) is 10.9. The molecule has 0 aliphatic carbocycles. The number of rotatable bonds is 7. The lowest BCUT2D eigenvalue weighted by atomic mass is 10.2. The molecule has 136 valence electrons. The third kappa shape index (κ3) is 4.60. The number of aromatic nitrogens is 2. The van der Waals surface area contributed by atoms with Gasteiger partial charge in [0, 0.05) is 30.5 Å². The van der Waals surface area contributed by atoms with Crippen LogP contribution in [-0.2, 0) is 27.8 Å². The molecule has 1 amide bonds. The minimum Gasteiger partial charge on any atom is -0.354 e. The average Bonchev–Trinajstić information content (AvgIpc) is 2.99. The van der Waals surface area contributed by atoms with Crippen LogP contribution in [0.2, 0.25) is 0 Å². The molecule has 0 saturated heterocycles. The normalized spacial score (nSPS) is 11.4. The number of carbonyl (C=O) groups is 1. The Morgan fingerprint density at radius 2 is 1.92 bits per heavy atom. The summed E-state index contributed by atoms with van der Waals surface area (Å²) in [4.78, 5) is 16.2. The Hall–Kier alpha value is -2.87. The van der Waals surface area contributed by atoms with E-state index < -0.39 is 10.0 Å². The zero-order chi connectivity index (χ0) is 18.6. The Kier molecular flexibility index (Phi) is 5.22. The van der Waals surface area contributed by atoms with E-state index in [1.165, 1.54) is 0 Å². The number of hydrogen-bond donors (Lipinski definition) is 2. The summed E-state index contributed by atoms with van der Waals surface area (Å²) >= 11 is 0. The SMILES string of the molecule is CS(=O)(=O)Nc1cccc2c1ccn2CC(=O)NCCc1ccncc1. The van der Waals surface area contributed by atoms with E-state index in [2.05, 4.69) is 15.0 Å². The second-order valence-corrected chi connectivity index (χ2v) is 7.76. The third-order valence-electron chi connectivity index (χ3n) is 3.91. The van der Waals surface area contributed by atoms with Crippen LogP contribution >= 0.6 is 0 Å². The molecule has 2 aromatic heterocycles. The van der Waals surface area contributed by atoms with Gasteiger partial charge in [-0.25, -0.2) is 8.42 Å². The summed E-state index contributed by atoms with van der Waals surface area (Å²) in [5.74, 6) is -0.0990. The number of anilines is 1. The average molecular weight is 372 g/mol. The van der Waals surface area contributed by atoms with Gasteiger partial charge in [0.1, 0.15) is 6.54 Å². The van der Waals surface area contributed by atoms with Crippen LogP contribution in [0.1, 0.15) is 5.56 Å². The number of carbonyl (C=O) groups excluding carboxylic acids is 1. The molecule has 0 spiro atoms. The van der Waals surface area contributed by atoms with E-state index in [1.54, 1.807) is 41.4 Å². The molecule has 2 N–H and O–H groups in total. The van der Waals surface area contributed by atoms with Gasteiger partial charge in [0.25, 0.3) is 0 Å². The van der Waals surface area contributed by atoms with E-state index in [0.29, 0.717) is 12.2 Å². The monoisotopic (exact) mass is 372 g/mol. The van der Waals surface area contributed by atoms with E-state index in [-0.39, 0.29) is 12.5 Å². The highest BCUT2D eigenvalue weighted by atomic mass is 32.2. The topological polar surface area (TPSA) is 93.1 Å². The molecule has 7 nitrogen and oxygen atoms in total. The maximum absolute atomic E-state index is 12.2. The second-order valence-electron chi connectivity index (χ2n) is 6.01. The van der Waals surface area contributed by atoms with Gasteiger partial charge in [0.15, 0.2) is 0 Å². The van der Waals surface area contributed by atoms with Crippen LogP contribution in [0, 0.1) is 0 Å². The summed E-state index contributed by atoms with van der Waals surface area (Å²) in [5.41, 5.74) is 2.41. The van der Waals surface area contributed by atoms with Crippen molar-refractivity contribution in [3.63, 3.8) is 0 Å². The predicted molar refractivity (Wildman–Crippen MR) is 101 cm³/mol. The Morgan fingerprint density at radius 1 is 1.15 bits per heavy atom. The molecule has 0 radical (unpaired) electrons. The van der Waals surface area contributed by atoms with Gasteiger partial charge in [-0.15, -0.1) is 0 Å². The van der Waals surface area contributed by atoms with E-state index in [9.17, 15) is 13.2 Å². The lowest BCUT2D eigenvalue weighted by molar-refractivity contribution is -0.121. The molecule has 0 aliphatic rings. The number of sulfonamides is 1. The standard InChI is InChI=1S/C18H20N4O3S/c1-26(24,25)21-16-3-2-4-17-15(16)8-12-22(17)13-18(23)20-11-7-14-5-9-19-10-6-14/h2-6,8-10,12,21H,7,11,13H2,1H3,(H,20,23). The van der Waals surface area contributed by atoms with Gasteiger partial charge >= 0.3 is 0 Å². The van der Waals surface area contributed by atoms with Crippen molar-refractivity contribution in [2.75, 3.05) is 17.5 Å². The Bertz CT molecular complexity index is 1010. The van der Waals surface area contributed by atoms with E-state index in [4.69, 9.17) is 0 Å². The van der Waals surface area contributed by atoms with Crippen molar-refractivity contribution in [3.8, 4) is 0 Å². The smallest absolute Gasteiger partial charge is 0.239 e. The van der Waals surface area contributed by atoms with E-state index in [0.717, 1.165) is 29.1 Å². The minimum atomic E-state index is -3.36. The lowest BCUT2D eigenvalue weighted by Gasteiger charge is -2.09. The molecule has 0 unspecified atom stereocenters. The van der Waals surface area contributed by atoms with Gasteiger partial charge in [-0.05, 0) is 42.3 Å². The van der Waals surface area contributed by atoms with Gasteiger partial charge in [-0.1, -0.05) is 6.07 Å². The third-order valence-corrected chi connectivity index (χ3v) is 4.50. The zero-order valence-corrected chi connectivity index (χ0v) is 15.2. The largest absolute Gasteiger partial charge is 0.354 e. The first-order valence-corrected chi connectivity index (χ1v) is 10.0. The maximum Gasteiger partial charge on any atom is 0.239 e. The molecule has 0 atom stereocenters. The molecule has 2 heterocycles. The Morgan fingerprint density at radius 3 is 2.65 bits per heavy atom. The zero-order valence-electron chi connectivity index (χ0n) is 14.3. The summed E-state index contributed by atoms with van der Waals surface area (Å²) in [6.07, 6.45) is 7.08. The molecular formula is C18H20N4O3S. The second kappa shape index (κ2) is 7.57. The molecule has 0 bridgehead atoms. The van der Waals surface area contributed by atoms with E-state index in [1.807, 2.05) is 18.2 Å². The minimum absolute atomic E-state index is 0.0990. The quantitative estimate of drug-likeness (QED) is 0.661. The summed E-state index contributed by atoms with van der Waals surface area (Å²) < 4.78 is 27.2. The van der Waals surface area contributed by atoms with Gasteiger partial charge in [-0.3, -0.25) is 14.5 Å². The van der Waals surface area contributed by atoms with Gasteiger partial charge in [0.2, 0.25) is 15.9 Å². The fraction of sp³-hybridized carbons (Fsp3) is 0.222. The summed E-state index contributed by atoms with van der Waals surface area (Å²) in [6.45, 7) is 0.713. The van der Waals surface area contributed by atoms with Crippen LogP contribution in [-0.4, -0.2) is 36.7 Å². The number of nitrogens with one attached hydrogen (secondary N) is 2. The highest BCUT2D eigenvalue weighted by molar-refractivity contribution is 7.92. The van der Waals surface area contributed by atoms with Crippen molar-refractivity contribution in [1.29, 1.82) is 0 Å². The lowest BCUT2D eigenvalue weighted by Crippen LogP contribution is -2.29. The Balaban J connectivity index is 1.65. The number of pyridine rings is 1. The van der Waals surface area contributed by atoms with E-state index >= 15 is 0 Å². The highest BCUT2D eigenvalue weighted by Crippen LogP contribution is 2.25. The van der Waals surface area contributed by atoms with Crippen molar-refractivity contribution in [2.24, 2.45) is 0 Å². The molecule has 26 heavy (non-hydrogen) atoms. The molecule has 0 aliphatic heterocycles. The van der Waals surface area contributed by atoms with Crippen LogP contribution in [0.25, 0.3) is 10.9 Å². The van der Waals surface area contributed by atoms with Crippen LogP contribution in [0.5, 0.6) is 0 Å². The van der Waals surface area contributed by atoms with Crippen molar-refractivity contribution in [2.45, 2.75) is 13.0 Å². The number of fused-ring (bicyclic) bond motifs is 1. The highest BCUT2D eigenvalue weighted by Gasteiger charge is 2.11. The summed E-state index contributed by atoms with van der Waals surface area (Å²) in [5, 5.41) is 3.65. The predicted octanol–water partition coefficient (Wildman–Crippen LogP) is 1.77. The van der Waals surface area contributed by atoms with Crippen molar-refractivity contribution in [3.05, 3.63) is 60.6 Å². The molecule has 3 aromatic rings. The van der Waals surface area contributed by atoms with Crippen LogP contribution in [0.4, 0.5) is 5.69 Å². The molecular weight excluding hydrogens is 352 g/mol. The number of nitrogens with zero attached hydrogens (tertiary/aromatic N) is 2. The number of hydrogen-bond acceptors (Lipinski definition) is 4. The van der Waals surface area contributed by atoms with Crippen molar-refractivity contribution >= 4 is 32.5 Å². The fourth-order valence-corrected chi connectivity index (χ4v) is 3.33. The molecule has 1 aromatic carbocycles. The van der Waals surface area contributed by atoms with Crippen molar-refractivity contribution < 1.29 is 13.2 Å². The van der Waals surface area contributed by atoms with Gasteiger partial charge < -0.3 is 9.88 Å². The fourth-order valence-electron chi connectivity index (χ4n) is 2.76. The first-order chi connectivity index (χ1) is 12.4.